The number of imide groups is 1. The number of carbonyl (C=O) groups is 2. The van der Waals surface area contributed by atoms with Gasteiger partial charge in [-0.15, -0.1) is 0 Å². The van der Waals surface area contributed by atoms with Gasteiger partial charge < -0.3 is 4.90 Å². The zero-order valence-electron chi connectivity index (χ0n) is 16.2. The van der Waals surface area contributed by atoms with E-state index in [1.165, 1.54) is 34.6 Å². The van der Waals surface area contributed by atoms with Gasteiger partial charge >= 0.3 is 0 Å². The van der Waals surface area contributed by atoms with Crippen LogP contribution in [0, 0.1) is 5.82 Å². The Balaban J connectivity index is 1.47. The summed E-state index contributed by atoms with van der Waals surface area (Å²) in [6.45, 7) is 0.895. The Morgan fingerprint density at radius 3 is 2.32 bits per heavy atom. The van der Waals surface area contributed by atoms with Crippen molar-refractivity contribution in [1.29, 1.82) is 0 Å². The monoisotopic (exact) mass is 486 g/mol. The topological polar surface area (TPSA) is 79.2 Å². The van der Waals surface area contributed by atoms with Crippen molar-refractivity contribution in [2.75, 3.05) is 31.1 Å². The highest BCUT2D eigenvalue weighted by Crippen LogP contribution is 2.30. The number of rotatable bonds is 4. The van der Waals surface area contributed by atoms with Crippen molar-refractivity contribution < 1.29 is 27.3 Å². The van der Waals surface area contributed by atoms with Crippen LogP contribution in [0.3, 0.4) is 0 Å². The second-order valence-electron chi connectivity index (χ2n) is 7.42. The van der Waals surface area contributed by atoms with Gasteiger partial charge in [-0.2, -0.15) is 4.31 Å². The predicted molar refractivity (Wildman–Crippen MR) is 113 cm³/mol. The molecular formula is C20H19Cl2FN3O4S+. The van der Waals surface area contributed by atoms with Crippen molar-refractivity contribution in [3.63, 3.8) is 0 Å². The normalized spacial score (nSPS) is 21.1. The molecule has 2 saturated heterocycles. The summed E-state index contributed by atoms with van der Waals surface area (Å²) < 4.78 is 40.8. The van der Waals surface area contributed by atoms with Gasteiger partial charge in [-0.1, -0.05) is 35.3 Å². The highest BCUT2D eigenvalue weighted by atomic mass is 35.5. The molecule has 164 valence electrons. The molecule has 0 aromatic heterocycles. The van der Waals surface area contributed by atoms with E-state index in [2.05, 4.69) is 0 Å². The van der Waals surface area contributed by atoms with Crippen molar-refractivity contribution in [3.8, 4) is 0 Å². The van der Waals surface area contributed by atoms with Crippen molar-refractivity contribution >= 4 is 50.7 Å². The summed E-state index contributed by atoms with van der Waals surface area (Å²) in [6.07, 6.45) is 0.0223. The minimum atomic E-state index is -3.97. The Bertz CT molecular complexity index is 1150. The average molecular weight is 487 g/mol. The lowest BCUT2D eigenvalue weighted by atomic mass is 10.2. The van der Waals surface area contributed by atoms with Crippen LogP contribution in [-0.4, -0.2) is 56.8 Å². The van der Waals surface area contributed by atoms with E-state index in [9.17, 15) is 22.4 Å². The van der Waals surface area contributed by atoms with Gasteiger partial charge in [0.15, 0.2) is 6.04 Å². The fourth-order valence-electron chi connectivity index (χ4n) is 4.00. The Kier molecular flexibility index (Phi) is 6.06. The fourth-order valence-corrected chi connectivity index (χ4v) is 5.80. The first-order valence-electron chi connectivity index (χ1n) is 9.61. The van der Waals surface area contributed by atoms with Crippen LogP contribution in [0.2, 0.25) is 10.0 Å². The summed E-state index contributed by atoms with van der Waals surface area (Å²) in [5.41, 5.74) is 0.354. The summed E-state index contributed by atoms with van der Waals surface area (Å²) in [4.78, 5) is 27.1. The first-order chi connectivity index (χ1) is 14.7. The van der Waals surface area contributed by atoms with Crippen molar-refractivity contribution in [3.05, 3.63) is 58.3 Å². The Labute approximate surface area is 189 Å². The number of carbonyl (C=O) groups excluding carboxylic acids is 2. The maximum atomic E-state index is 14.0. The average Bonchev–Trinajstić information content (AvgIpc) is 3.04. The van der Waals surface area contributed by atoms with Crippen LogP contribution >= 0.6 is 23.2 Å². The van der Waals surface area contributed by atoms with Crippen molar-refractivity contribution in [2.45, 2.75) is 17.4 Å². The van der Waals surface area contributed by atoms with E-state index in [0.29, 0.717) is 23.8 Å². The minimum Gasteiger partial charge on any atom is -0.322 e. The van der Waals surface area contributed by atoms with Gasteiger partial charge in [0, 0.05) is 0 Å². The smallest absolute Gasteiger partial charge is 0.292 e. The van der Waals surface area contributed by atoms with E-state index < -0.39 is 21.9 Å². The number of quaternary nitrogens is 1. The predicted octanol–water partition coefficient (Wildman–Crippen LogP) is 1.35. The summed E-state index contributed by atoms with van der Waals surface area (Å²) in [5.74, 6) is -1.50. The van der Waals surface area contributed by atoms with E-state index in [-0.39, 0.29) is 41.2 Å². The van der Waals surface area contributed by atoms with Crippen LogP contribution in [0.15, 0.2) is 47.4 Å². The molecule has 2 amide bonds. The molecule has 1 N–H and O–H groups in total. The number of halogens is 3. The molecule has 0 unspecified atom stereocenters. The van der Waals surface area contributed by atoms with Crippen LogP contribution in [0.4, 0.5) is 10.1 Å². The molecule has 0 aliphatic carbocycles. The third-order valence-electron chi connectivity index (χ3n) is 5.62. The van der Waals surface area contributed by atoms with Crippen LogP contribution in [0.25, 0.3) is 0 Å². The van der Waals surface area contributed by atoms with Crippen LogP contribution in [0.5, 0.6) is 0 Å². The molecule has 2 aromatic rings. The molecule has 2 aliphatic heterocycles. The van der Waals surface area contributed by atoms with E-state index in [0.717, 1.165) is 15.9 Å². The van der Waals surface area contributed by atoms with E-state index in [1.807, 2.05) is 0 Å². The second kappa shape index (κ2) is 8.48. The number of anilines is 1. The maximum Gasteiger partial charge on any atom is 0.292 e. The summed E-state index contributed by atoms with van der Waals surface area (Å²) in [5, 5.41) is 0.557. The molecule has 31 heavy (non-hydrogen) atoms. The van der Waals surface area contributed by atoms with Gasteiger partial charge in [-0.05, 0) is 30.3 Å². The van der Waals surface area contributed by atoms with Crippen LogP contribution < -0.4 is 9.80 Å². The molecule has 0 radical (unpaired) electrons. The molecule has 0 bridgehead atoms. The maximum absolute atomic E-state index is 14.0. The Hall–Kier alpha value is -2.04. The number of amides is 2. The third-order valence-corrected chi connectivity index (χ3v) is 8.29. The highest BCUT2D eigenvalue weighted by molar-refractivity contribution is 7.89. The zero-order chi connectivity index (χ0) is 22.3. The molecule has 0 spiro atoms. The van der Waals surface area contributed by atoms with Gasteiger partial charge in [0.05, 0.1) is 48.3 Å². The summed E-state index contributed by atoms with van der Waals surface area (Å²) in [7, 11) is -3.97. The molecule has 2 aliphatic rings. The molecule has 1 atom stereocenters. The number of nitrogens with zero attached hydrogens (tertiary/aromatic N) is 2. The van der Waals surface area contributed by atoms with Crippen LogP contribution in [-0.2, 0) is 19.6 Å². The van der Waals surface area contributed by atoms with E-state index in [4.69, 9.17) is 23.2 Å². The molecule has 11 heteroatoms. The van der Waals surface area contributed by atoms with Gasteiger partial charge in [0.2, 0.25) is 15.9 Å². The summed E-state index contributed by atoms with van der Waals surface area (Å²) >= 11 is 11.9. The van der Waals surface area contributed by atoms with Gasteiger partial charge in [0.25, 0.3) is 5.91 Å². The van der Waals surface area contributed by atoms with E-state index in [1.54, 1.807) is 6.07 Å². The van der Waals surface area contributed by atoms with Gasteiger partial charge in [0.1, 0.15) is 10.7 Å². The second-order valence-corrected chi connectivity index (χ2v) is 10.1. The number of piperazine rings is 1. The Morgan fingerprint density at radius 1 is 1.00 bits per heavy atom. The quantitative estimate of drug-likeness (QED) is 0.661. The molecule has 7 nitrogen and oxygen atoms in total. The van der Waals surface area contributed by atoms with E-state index >= 15 is 0 Å². The van der Waals surface area contributed by atoms with Gasteiger partial charge in [-0.25, -0.2) is 17.7 Å². The molecule has 2 aromatic carbocycles. The SMILES string of the molecule is O=C1C[C@@H]([NH+]2CCN(S(=O)(=O)c3ccccc3F)CC2)C(=O)N1c1ccc(Cl)c(Cl)c1. The van der Waals surface area contributed by atoms with Crippen molar-refractivity contribution in [2.24, 2.45) is 0 Å². The first kappa shape index (κ1) is 22.2. The lowest BCUT2D eigenvalue weighted by Gasteiger charge is -2.33. The zero-order valence-corrected chi connectivity index (χ0v) is 18.6. The first-order valence-corrected chi connectivity index (χ1v) is 11.8. The fraction of sp³-hybridized carbons (Fsp3) is 0.300. The summed E-state index contributed by atoms with van der Waals surface area (Å²) in [6, 6.07) is 9.17. The standard InChI is InChI=1S/C20H18Cl2FN3O4S/c21-14-6-5-13(11-15(14)22)26-19(27)12-17(20(26)28)24-7-9-25(10-8-24)31(29,30)18-4-2-1-3-16(18)23/h1-6,11,17H,7-10,12H2/p+1/t17-/m1/s1. The number of nitrogens with one attached hydrogen (secondary N) is 1. The third kappa shape index (κ3) is 4.08. The minimum absolute atomic E-state index is 0.0223. The number of hydrogen-bond acceptors (Lipinski definition) is 4. The number of sulfonamides is 1. The van der Waals surface area contributed by atoms with Gasteiger partial charge in [-0.3, -0.25) is 9.59 Å². The molecule has 2 heterocycles. The van der Waals surface area contributed by atoms with Crippen LogP contribution in [0.1, 0.15) is 6.42 Å². The molecule has 0 saturated carbocycles. The van der Waals surface area contributed by atoms with Crippen molar-refractivity contribution in [1.82, 2.24) is 4.31 Å². The lowest BCUT2D eigenvalue weighted by Crippen LogP contribution is -3.19. The molecule has 2 fully saturated rings. The molecular weight excluding hydrogens is 468 g/mol. The number of hydrogen-bond donors (Lipinski definition) is 1. The molecule has 4 rings (SSSR count). The Morgan fingerprint density at radius 2 is 1.68 bits per heavy atom. The highest BCUT2D eigenvalue weighted by Gasteiger charge is 2.47. The largest absolute Gasteiger partial charge is 0.322 e. The lowest BCUT2D eigenvalue weighted by molar-refractivity contribution is -0.918. The number of benzene rings is 2.